The second kappa shape index (κ2) is 7.33. The molecule has 1 aliphatic rings. The quantitative estimate of drug-likeness (QED) is 0.662. The Morgan fingerprint density at radius 2 is 2.00 bits per heavy atom. The van der Waals surface area contributed by atoms with E-state index in [-0.39, 0.29) is 18.6 Å². The molecule has 2 aromatic heterocycles. The summed E-state index contributed by atoms with van der Waals surface area (Å²) < 4.78 is 6.65. The predicted octanol–water partition coefficient (Wildman–Crippen LogP) is 2.18. The lowest BCUT2D eigenvalue weighted by atomic mass is 9.66. The van der Waals surface area contributed by atoms with Gasteiger partial charge in [-0.3, -0.25) is 14.7 Å². The summed E-state index contributed by atoms with van der Waals surface area (Å²) in [6.45, 7) is 3.54. The molecule has 0 fully saturated rings. The van der Waals surface area contributed by atoms with Crippen LogP contribution in [0.15, 0.2) is 59.5 Å². The van der Waals surface area contributed by atoms with E-state index in [4.69, 9.17) is 4.74 Å². The molecule has 2 heterocycles. The van der Waals surface area contributed by atoms with E-state index >= 15 is 0 Å². The lowest BCUT2D eigenvalue weighted by Gasteiger charge is -2.40. The van der Waals surface area contributed by atoms with Crippen LogP contribution < -0.4 is 5.56 Å². The van der Waals surface area contributed by atoms with Gasteiger partial charge in [0.15, 0.2) is 5.82 Å². The number of nitrogens with one attached hydrogen (secondary N) is 1. The van der Waals surface area contributed by atoms with Gasteiger partial charge < -0.3 is 9.84 Å². The number of aromatic amines is 1. The van der Waals surface area contributed by atoms with Gasteiger partial charge in [0, 0.05) is 29.8 Å². The molecule has 7 heteroatoms. The van der Waals surface area contributed by atoms with E-state index < -0.39 is 23.4 Å². The van der Waals surface area contributed by atoms with Crippen LogP contribution in [-0.2, 0) is 16.0 Å². The number of H-pyrrole nitrogens is 1. The Bertz CT molecular complexity index is 1070. The third-order valence-corrected chi connectivity index (χ3v) is 5.43. The molecule has 0 bridgehead atoms. The maximum absolute atomic E-state index is 13.4. The summed E-state index contributed by atoms with van der Waals surface area (Å²) in [7, 11) is 0. The molecule has 3 atom stereocenters. The molecule has 0 amide bonds. The molecule has 4 rings (SSSR count). The number of esters is 1. The zero-order valence-electron chi connectivity index (χ0n) is 16.3. The zero-order valence-corrected chi connectivity index (χ0v) is 16.3. The molecule has 3 aromatic rings. The second-order valence-electron chi connectivity index (χ2n) is 7.48. The molecule has 2 N–H and O–H groups in total. The van der Waals surface area contributed by atoms with Crippen molar-refractivity contribution in [1.29, 1.82) is 0 Å². The number of nitrogens with zero attached hydrogens (tertiary/aromatic N) is 2. The van der Waals surface area contributed by atoms with Crippen LogP contribution in [0.3, 0.4) is 0 Å². The maximum Gasteiger partial charge on any atom is 0.312 e. The van der Waals surface area contributed by atoms with Crippen LogP contribution >= 0.6 is 0 Å². The highest BCUT2D eigenvalue weighted by molar-refractivity contribution is 5.77. The third-order valence-electron chi connectivity index (χ3n) is 5.43. The first-order valence-corrected chi connectivity index (χ1v) is 9.63. The van der Waals surface area contributed by atoms with Crippen molar-refractivity contribution < 1.29 is 14.6 Å². The highest BCUT2D eigenvalue weighted by atomic mass is 16.5. The van der Waals surface area contributed by atoms with Crippen molar-refractivity contribution in [3.05, 3.63) is 81.9 Å². The van der Waals surface area contributed by atoms with Gasteiger partial charge in [0.2, 0.25) is 0 Å². The van der Waals surface area contributed by atoms with Gasteiger partial charge in [-0.25, -0.2) is 9.67 Å². The van der Waals surface area contributed by atoms with E-state index in [1.54, 1.807) is 38.2 Å². The van der Waals surface area contributed by atoms with Crippen molar-refractivity contribution in [2.45, 2.75) is 31.8 Å². The first-order chi connectivity index (χ1) is 13.9. The average Bonchev–Trinajstić information content (AvgIpc) is 3.03. The summed E-state index contributed by atoms with van der Waals surface area (Å²) in [5, 5.41) is 14.3. The molecule has 0 unspecified atom stereocenters. The summed E-state index contributed by atoms with van der Waals surface area (Å²) in [5.74, 6) is -1.60. The minimum Gasteiger partial charge on any atom is -0.466 e. The van der Waals surface area contributed by atoms with Crippen molar-refractivity contribution in [2.75, 3.05) is 6.61 Å². The minimum atomic E-state index is -1.39. The van der Waals surface area contributed by atoms with Crippen molar-refractivity contribution >= 4 is 5.97 Å². The highest BCUT2D eigenvalue weighted by Crippen LogP contribution is 2.44. The molecular formula is C22H23N3O4. The topological polar surface area (TPSA) is 97.2 Å². The van der Waals surface area contributed by atoms with Crippen molar-refractivity contribution in [1.82, 2.24) is 14.8 Å². The van der Waals surface area contributed by atoms with Gasteiger partial charge in [0.1, 0.15) is 0 Å². The van der Waals surface area contributed by atoms with E-state index in [1.807, 2.05) is 30.3 Å². The Morgan fingerprint density at radius 3 is 2.66 bits per heavy atom. The van der Waals surface area contributed by atoms with Crippen LogP contribution in [0.1, 0.15) is 36.6 Å². The molecule has 1 aromatic carbocycles. The lowest BCUT2D eigenvalue weighted by molar-refractivity contribution is -0.159. The van der Waals surface area contributed by atoms with Crippen molar-refractivity contribution in [3.63, 3.8) is 0 Å². The fourth-order valence-electron chi connectivity index (χ4n) is 4.23. The molecule has 0 aliphatic heterocycles. The number of fused-ring (bicyclic) bond motifs is 1. The number of aliphatic hydroxyl groups is 1. The minimum absolute atomic E-state index is 0.129. The third kappa shape index (κ3) is 3.27. The van der Waals surface area contributed by atoms with Gasteiger partial charge in [-0.05, 0) is 31.5 Å². The second-order valence-corrected chi connectivity index (χ2v) is 7.48. The van der Waals surface area contributed by atoms with Crippen LogP contribution in [0.2, 0.25) is 0 Å². The number of aromatic nitrogens is 3. The molecule has 0 saturated heterocycles. The van der Waals surface area contributed by atoms with Gasteiger partial charge in [-0.1, -0.05) is 36.4 Å². The van der Waals surface area contributed by atoms with Crippen LogP contribution in [-0.4, -0.2) is 38.0 Å². The zero-order chi connectivity index (χ0) is 20.6. The van der Waals surface area contributed by atoms with Crippen LogP contribution in [0.25, 0.3) is 5.82 Å². The van der Waals surface area contributed by atoms with Crippen LogP contribution in [0.4, 0.5) is 0 Å². The fraction of sp³-hybridized carbons (Fsp3) is 0.318. The Hall–Kier alpha value is -3.19. The first-order valence-electron chi connectivity index (χ1n) is 9.63. The van der Waals surface area contributed by atoms with Crippen molar-refractivity contribution in [2.24, 2.45) is 5.92 Å². The summed E-state index contributed by atoms with van der Waals surface area (Å²) >= 11 is 0. The molecule has 150 valence electrons. The van der Waals surface area contributed by atoms with Gasteiger partial charge in [-0.15, -0.1) is 0 Å². The van der Waals surface area contributed by atoms with E-state index in [1.165, 1.54) is 4.68 Å². The Labute approximate surface area is 168 Å². The molecule has 0 radical (unpaired) electrons. The van der Waals surface area contributed by atoms with E-state index in [0.717, 1.165) is 5.56 Å². The van der Waals surface area contributed by atoms with Crippen molar-refractivity contribution in [3.8, 4) is 5.82 Å². The highest BCUT2D eigenvalue weighted by Gasteiger charge is 2.51. The van der Waals surface area contributed by atoms with E-state index in [2.05, 4.69) is 10.1 Å². The summed E-state index contributed by atoms with van der Waals surface area (Å²) in [4.78, 5) is 30.5. The van der Waals surface area contributed by atoms with E-state index in [9.17, 15) is 14.7 Å². The number of rotatable bonds is 4. The molecule has 1 aliphatic carbocycles. The van der Waals surface area contributed by atoms with E-state index in [0.29, 0.717) is 17.1 Å². The molecular weight excluding hydrogens is 370 g/mol. The Kier molecular flexibility index (Phi) is 4.84. The van der Waals surface area contributed by atoms with Crippen LogP contribution in [0, 0.1) is 5.92 Å². The number of benzene rings is 1. The monoisotopic (exact) mass is 393 g/mol. The predicted molar refractivity (Wildman–Crippen MR) is 107 cm³/mol. The summed E-state index contributed by atoms with van der Waals surface area (Å²) in [6.07, 6.45) is 1.73. The number of carbonyl (C=O) groups is 1. The Morgan fingerprint density at radius 1 is 1.28 bits per heavy atom. The smallest absolute Gasteiger partial charge is 0.312 e. The van der Waals surface area contributed by atoms with Gasteiger partial charge in [0.05, 0.1) is 18.1 Å². The average molecular weight is 393 g/mol. The number of ether oxygens (including phenoxy) is 1. The normalized spacial score (nSPS) is 23.4. The molecule has 0 saturated carbocycles. The first kappa shape index (κ1) is 19.1. The van der Waals surface area contributed by atoms with Gasteiger partial charge in [0.25, 0.3) is 5.56 Å². The molecule has 29 heavy (non-hydrogen) atoms. The fourth-order valence-corrected chi connectivity index (χ4v) is 4.23. The maximum atomic E-state index is 13.4. The van der Waals surface area contributed by atoms with Gasteiger partial charge >= 0.3 is 5.97 Å². The number of hydrogen-bond acceptors (Lipinski definition) is 5. The number of carbonyl (C=O) groups excluding carboxylic acids is 1. The standard InChI is InChI=1S/C22H23N3O4/c1-3-29-21(27)19-17(14-9-5-4-6-10-14)18-15(13-22(19,2)28)24-25(20(18)26)16-11-7-8-12-23-16/h4-12,17,19,24,28H,3,13H2,1-2H3/t17-,19-,22-/m0/s1. The number of hydrogen-bond donors (Lipinski definition) is 2. The van der Waals surface area contributed by atoms with Crippen LogP contribution in [0.5, 0.6) is 0 Å². The lowest BCUT2D eigenvalue weighted by Crippen LogP contribution is -2.50. The molecule has 0 spiro atoms. The Balaban J connectivity index is 1.95. The summed E-state index contributed by atoms with van der Waals surface area (Å²) in [6, 6.07) is 14.6. The van der Waals surface area contributed by atoms with Gasteiger partial charge in [-0.2, -0.15) is 0 Å². The SMILES string of the molecule is CCOC(=O)[C@@H]1[C@@H](c2ccccc2)c2c([nH]n(-c3ccccn3)c2=O)C[C@]1(C)O. The largest absolute Gasteiger partial charge is 0.466 e. The number of pyridine rings is 1. The summed E-state index contributed by atoms with van der Waals surface area (Å²) in [5.41, 5.74) is 0.166. The molecule has 7 nitrogen and oxygen atoms in total.